The molecule has 9 nitrogen and oxygen atoms in total. The fourth-order valence-corrected chi connectivity index (χ4v) is 4.35. The van der Waals surface area contributed by atoms with Crippen molar-refractivity contribution in [1.29, 1.82) is 0 Å². The van der Waals surface area contributed by atoms with Gasteiger partial charge in [-0.15, -0.1) is 0 Å². The Balaban J connectivity index is 1.68. The van der Waals surface area contributed by atoms with Gasteiger partial charge in [-0.1, -0.05) is 40.0 Å². The number of carbonyl (C=O) groups excluding carboxylic acids is 1. The summed E-state index contributed by atoms with van der Waals surface area (Å²) in [7, 11) is 0. The maximum atomic E-state index is 13.1. The summed E-state index contributed by atoms with van der Waals surface area (Å²) in [4.78, 5) is 38.9. The molecular formula is C27H38N2O7. The predicted molar refractivity (Wildman–Crippen MR) is 135 cm³/mol. The number of aromatic nitrogens is 2. The molecule has 1 aliphatic rings. The summed E-state index contributed by atoms with van der Waals surface area (Å²) in [5.41, 5.74) is -1.24. The summed E-state index contributed by atoms with van der Waals surface area (Å²) in [5.74, 6) is 1.14. The third-order valence-electron chi connectivity index (χ3n) is 6.64. The SMILES string of the molecule is Cc1cn([C@H]2C[C@@H](O)[C@@H](CO)O2)c(=O)n(C(=O)c2ccc(OCCC(C)CCCC(C)C)cc2)c1=O. The van der Waals surface area contributed by atoms with Gasteiger partial charge >= 0.3 is 5.69 Å². The molecule has 1 aliphatic heterocycles. The Labute approximate surface area is 211 Å². The van der Waals surface area contributed by atoms with E-state index >= 15 is 0 Å². The van der Waals surface area contributed by atoms with Crippen LogP contribution in [-0.4, -0.2) is 50.7 Å². The van der Waals surface area contributed by atoms with Crippen LogP contribution in [0.25, 0.3) is 0 Å². The summed E-state index contributed by atoms with van der Waals surface area (Å²) in [6, 6.07) is 6.36. The number of rotatable bonds is 11. The standard InChI is InChI=1S/C27H38N2O7/c1-17(2)6-5-7-18(3)12-13-35-21-10-8-20(9-11-21)26(33)29-25(32)19(4)15-28(27(29)34)24-14-22(31)23(16-30)36-24/h8-11,15,17-18,22-24,30-31H,5-7,12-14,16H2,1-4H3/t18?,22-,23-,24-/m1/s1. The van der Waals surface area contributed by atoms with Crippen molar-refractivity contribution in [2.75, 3.05) is 13.2 Å². The van der Waals surface area contributed by atoms with Crippen LogP contribution in [-0.2, 0) is 4.74 Å². The van der Waals surface area contributed by atoms with Gasteiger partial charge in [0.15, 0.2) is 0 Å². The molecule has 9 heteroatoms. The summed E-state index contributed by atoms with van der Waals surface area (Å²) < 4.78 is 13.1. The van der Waals surface area contributed by atoms with E-state index in [1.807, 2.05) is 0 Å². The van der Waals surface area contributed by atoms with Crippen LogP contribution < -0.4 is 16.0 Å². The van der Waals surface area contributed by atoms with E-state index in [4.69, 9.17) is 9.47 Å². The van der Waals surface area contributed by atoms with E-state index in [0.717, 1.165) is 16.9 Å². The van der Waals surface area contributed by atoms with Crippen molar-refractivity contribution >= 4 is 5.91 Å². The van der Waals surface area contributed by atoms with Gasteiger partial charge < -0.3 is 19.7 Å². The molecule has 0 saturated carbocycles. The van der Waals surface area contributed by atoms with Crippen LogP contribution >= 0.6 is 0 Å². The van der Waals surface area contributed by atoms with Crippen molar-refractivity contribution < 1.29 is 24.5 Å². The summed E-state index contributed by atoms with van der Waals surface area (Å²) in [6.45, 7) is 8.35. The molecule has 3 rings (SSSR count). The van der Waals surface area contributed by atoms with E-state index in [2.05, 4.69) is 20.8 Å². The quantitative estimate of drug-likeness (QED) is 0.485. The second-order valence-electron chi connectivity index (χ2n) is 10.2. The molecule has 4 atom stereocenters. The van der Waals surface area contributed by atoms with Crippen LogP contribution in [0.15, 0.2) is 40.1 Å². The maximum absolute atomic E-state index is 13.1. The Hall–Kier alpha value is -2.75. The number of benzene rings is 1. The molecule has 0 aliphatic carbocycles. The van der Waals surface area contributed by atoms with E-state index < -0.39 is 42.2 Å². The smallest absolute Gasteiger partial charge is 0.340 e. The van der Waals surface area contributed by atoms with Gasteiger partial charge in [0.2, 0.25) is 0 Å². The lowest BCUT2D eigenvalue weighted by Crippen LogP contribution is -2.45. The van der Waals surface area contributed by atoms with Crippen molar-refractivity contribution in [1.82, 2.24) is 9.13 Å². The van der Waals surface area contributed by atoms with Crippen molar-refractivity contribution in [3.63, 3.8) is 0 Å². The molecule has 2 heterocycles. The van der Waals surface area contributed by atoms with E-state index in [0.29, 0.717) is 22.8 Å². The number of hydrogen-bond acceptors (Lipinski definition) is 7. The second kappa shape index (κ2) is 12.5. The van der Waals surface area contributed by atoms with Gasteiger partial charge in [-0.05, 0) is 49.4 Å². The molecule has 2 aromatic rings. The first-order valence-corrected chi connectivity index (χ1v) is 12.7. The fraction of sp³-hybridized carbons (Fsp3) is 0.593. The number of aliphatic hydroxyl groups excluding tert-OH is 2. The van der Waals surface area contributed by atoms with Gasteiger partial charge in [-0.3, -0.25) is 14.2 Å². The Morgan fingerprint density at radius 1 is 1.14 bits per heavy atom. The van der Waals surface area contributed by atoms with E-state index in [1.165, 1.54) is 44.5 Å². The highest BCUT2D eigenvalue weighted by Crippen LogP contribution is 2.27. The lowest BCUT2D eigenvalue weighted by atomic mass is 9.98. The molecule has 0 radical (unpaired) electrons. The number of nitrogens with zero attached hydrogens (tertiary/aromatic N) is 2. The zero-order valence-electron chi connectivity index (χ0n) is 21.6. The Kier molecular flexibility index (Phi) is 9.64. The number of hydrogen-bond donors (Lipinski definition) is 2. The van der Waals surface area contributed by atoms with E-state index in [-0.39, 0.29) is 17.5 Å². The maximum Gasteiger partial charge on any atom is 0.340 e. The van der Waals surface area contributed by atoms with Crippen LogP contribution in [0, 0.1) is 18.8 Å². The second-order valence-corrected chi connectivity index (χ2v) is 10.2. The van der Waals surface area contributed by atoms with Crippen molar-refractivity contribution in [3.8, 4) is 5.75 Å². The Morgan fingerprint density at radius 2 is 1.83 bits per heavy atom. The summed E-state index contributed by atoms with van der Waals surface area (Å²) >= 11 is 0. The van der Waals surface area contributed by atoms with Gasteiger partial charge in [0.05, 0.1) is 19.3 Å². The minimum atomic E-state index is -0.959. The first-order valence-electron chi connectivity index (χ1n) is 12.7. The minimum absolute atomic E-state index is 0.0549. The van der Waals surface area contributed by atoms with Crippen molar-refractivity contribution in [2.45, 2.75) is 78.2 Å². The Morgan fingerprint density at radius 3 is 2.44 bits per heavy atom. The monoisotopic (exact) mass is 502 g/mol. The Bertz CT molecular complexity index is 1140. The zero-order valence-corrected chi connectivity index (χ0v) is 21.6. The van der Waals surface area contributed by atoms with E-state index in [9.17, 15) is 24.6 Å². The van der Waals surface area contributed by atoms with Crippen LogP contribution in [0.1, 0.15) is 75.0 Å². The van der Waals surface area contributed by atoms with Gasteiger partial charge in [0.25, 0.3) is 11.5 Å². The molecule has 1 unspecified atom stereocenters. The van der Waals surface area contributed by atoms with Crippen LogP contribution in [0.4, 0.5) is 0 Å². The molecular weight excluding hydrogens is 464 g/mol. The van der Waals surface area contributed by atoms with Crippen molar-refractivity contribution in [2.24, 2.45) is 11.8 Å². The minimum Gasteiger partial charge on any atom is -0.494 e. The predicted octanol–water partition coefficient (Wildman–Crippen LogP) is 2.88. The van der Waals surface area contributed by atoms with Crippen LogP contribution in [0.5, 0.6) is 5.75 Å². The molecule has 36 heavy (non-hydrogen) atoms. The highest BCUT2D eigenvalue weighted by Gasteiger charge is 2.35. The number of carbonyl (C=O) groups is 1. The molecule has 1 aromatic carbocycles. The summed E-state index contributed by atoms with van der Waals surface area (Å²) in [5, 5.41) is 19.3. The lowest BCUT2D eigenvalue weighted by Gasteiger charge is -2.17. The molecule has 2 N–H and O–H groups in total. The molecule has 198 valence electrons. The first-order chi connectivity index (χ1) is 17.1. The first kappa shape index (κ1) is 27.8. The van der Waals surface area contributed by atoms with E-state index in [1.54, 1.807) is 12.1 Å². The lowest BCUT2D eigenvalue weighted by molar-refractivity contribution is -0.0462. The highest BCUT2D eigenvalue weighted by molar-refractivity contribution is 5.95. The molecule has 1 fully saturated rings. The topological polar surface area (TPSA) is 120 Å². The fourth-order valence-electron chi connectivity index (χ4n) is 4.35. The molecule has 1 aromatic heterocycles. The molecule has 0 spiro atoms. The average Bonchev–Trinajstić information content (AvgIpc) is 3.22. The molecule has 0 bridgehead atoms. The van der Waals surface area contributed by atoms with Crippen molar-refractivity contribution in [3.05, 3.63) is 62.4 Å². The van der Waals surface area contributed by atoms with Gasteiger partial charge in [0, 0.05) is 23.7 Å². The van der Waals surface area contributed by atoms with Gasteiger partial charge in [-0.2, -0.15) is 4.57 Å². The molecule has 0 amide bonds. The molecule has 1 saturated heterocycles. The third kappa shape index (κ3) is 6.72. The van der Waals surface area contributed by atoms with Crippen LogP contribution in [0.2, 0.25) is 0 Å². The highest BCUT2D eigenvalue weighted by atomic mass is 16.5. The normalized spacial score (nSPS) is 20.6. The number of ether oxygens (including phenoxy) is 2. The van der Waals surface area contributed by atoms with Gasteiger partial charge in [-0.25, -0.2) is 4.79 Å². The average molecular weight is 503 g/mol. The largest absolute Gasteiger partial charge is 0.494 e. The number of aliphatic hydroxyl groups is 2. The van der Waals surface area contributed by atoms with Crippen LogP contribution in [0.3, 0.4) is 0 Å². The third-order valence-corrected chi connectivity index (χ3v) is 6.64. The van der Waals surface area contributed by atoms with Gasteiger partial charge in [0.1, 0.15) is 18.1 Å². The summed E-state index contributed by atoms with van der Waals surface area (Å²) in [6.07, 6.45) is 3.22. The number of aryl methyl sites for hydroxylation is 1. The zero-order chi connectivity index (χ0) is 26.4.